The lowest BCUT2D eigenvalue weighted by Crippen LogP contribution is -2.47. The Bertz CT molecular complexity index is 486. The molecule has 1 aromatic carbocycles. The van der Waals surface area contributed by atoms with Crippen molar-refractivity contribution < 1.29 is 9.90 Å². The minimum atomic E-state index is -0.589. The van der Waals surface area contributed by atoms with Crippen molar-refractivity contribution in [1.29, 1.82) is 0 Å². The molecular formula is C13H17ClN2O2. The minimum Gasteiger partial charge on any atom is -0.508 e. The maximum absolute atomic E-state index is 12.1. The number of carbonyl (C=O) groups is 1. The predicted molar refractivity (Wildman–Crippen MR) is 70.6 cm³/mol. The molecule has 1 amide bonds. The highest BCUT2D eigenvalue weighted by atomic mass is 35.5. The van der Waals surface area contributed by atoms with E-state index in [1.54, 1.807) is 12.1 Å². The first kappa shape index (κ1) is 13.2. The van der Waals surface area contributed by atoms with Crippen LogP contribution in [-0.2, 0) is 17.8 Å². The number of halogens is 1. The van der Waals surface area contributed by atoms with Crippen LogP contribution >= 0.6 is 12.4 Å². The Morgan fingerprint density at radius 2 is 2.06 bits per heavy atom. The molecule has 0 aromatic heterocycles. The summed E-state index contributed by atoms with van der Waals surface area (Å²) in [6.07, 6.45) is 2.45. The first-order valence-electron chi connectivity index (χ1n) is 5.97. The van der Waals surface area contributed by atoms with E-state index in [9.17, 15) is 9.90 Å². The highest BCUT2D eigenvalue weighted by Gasteiger charge is 2.48. The fraction of sp³-hybridized carbons (Fsp3) is 0.462. The van der Waals surface area contributed by atoms with E-state index in [1.807, 2.05) is 11.0 Å². The van der Waals surface area contributed by atoms with E-state index in [0.29, 0.717) is 6.54 Å². The van der Waals surface area contributed by atoms with Gasteiger partial charge in [-0.25, -0.2) is 0 Å². The smallest absolute Gasteiger partial charge is 0.242 e. The zero-order valence-corrected chi connectivity index (χ0v) is 10.9. The van der Waals surface area contributed by atoms with Crippen LogP contribution in [0.4, 0.5) is 0 Å². The number of nitrogens with zero attached hydrogens (tertiary/aromatic N) is 1. The number of aromatic hydroxyl groups is 1. The van der Waals surface area contributed by atoms with Crippen LogP contribution in [0.15, 0.2) is 18.2 Å². The lowest BCUT2D eigenvalue weighted by Gasteiger charge is -2.31. The lowest BCUT2D eigenvalue weighted by molar-refractivity contribution is -0.134. The van der Waals surface area contributed by atoms with Gasteiger partial charge in [0, 0.05) is 13.1 Å². The van der Waals surface area contributed by atoms with Gasteiger partial charge in [-0.3, -0.25) is 4.79 Å². The molecule has 2 aliphatic rings. The van der Waals surface area contributed by atoms with Crippen molar-refractivity contribution in [3.05, 3.63) is 29.3 Å². The molecule has 3 rings (SSSR count). The summed E-state index contributed by atoms with van der Waals surface area (Å²) < 4.78 is 0. The van der Waals surface area contributed by atoms with Crippen LogP contribution in [0.2, 0.25) is 0 Å². The number of phenolic OH excluding ortho intramolecular Hbond substituents is 1. The van der Waals surface area contributed by atoms with Crippen molar-refractivity contribution in [2.75, 3.05) is 6.54 Å². The number of rotatable bonds is 1. The van der Waals surface area contributed by atoms with Gasteiger partial charge in [0.25, 0.3) is 0 Å². The van der Waals surface area contributed by atoms with Gasteiger partial charge in [0.1, 0.15) is 5.75 Å². The molecule has 98 valence electrons. The summed E-state index contributed by atoms with van der Waals surface area (Å²) in [6.45, 7) is 1.30. The van der Waals surface area contributed by atoms with E-state index < -0.39 is 5.54 Å². The van der Waals surface area contributed by atoms with Gasteiger partial charge in [0.05, 0.1) is 5.54 Å². The molecule has 0 unspecified atom stereocenters. The molecule has 1 saturated carbocycles. The number of amides is 1. The van der Waals surface area contributed by atoms with Crippen LogP contribution in [0.5, 0.6) is 5.75 Å². The summed E-state index contributed by atoms with van der Waals surface area (Å²) in [5, 5.41) is 9.46. The van der Waals surface area contributed by atoms with Crippen molar-refractivity contribution in [3.63, 3.8) is 0 Å². The number of benzene rings is 1. The molecule has 1 aliphatic carbocycles. The number of hydrogen-bond donors (Lipinski definition) is 2. The van der Waals surface area contributed by atoms with Gasteiger partial charge in [0.2, 0.25) is 5.91 Å². The Hall–Kier alpha value is -1.26. The van der Waals surface area contributed by atoms with E-state index in [-0.39, 0.29) is 24.1 Å². The molecule has 4 nitrogen and oxygen atoms in total. The summed E-state index contributed by atoms with van der Waals surface area (Å²) in [7, 11) is 0. The van der Waals surface area contributed by atoms with Gasteiger partial charge in [-0.2, -0.15) is 0 Å². The van der Waals surface area contributed by atoms with E-state index in [1.165, 1.54) is 5.56 Å². The average molecular weight is 269 g/mol. The Labute approximate surface area is 112 Å². The molecule has 1 aliphatic heterocycles. The van der Waals surface area contributed by atoms with Gasteiger partial charge in [-0.05, 0) is 42.5 Å². The molecule has 1 fully saturated rings. The topological polar surface area (TPSA) is 66.6 Å². The van der Waals surface area contributed by atoms with Crippen molar-refractivity contribution in [1.82, 2.24) is 4.90 Å². The van der Waals surface area contributed by atoms with E-state index >= 15 is 0 Å². The Morgan fingerprint density at radius 1 is 1.33 bits per heavy atom. The fourth-order valence-corrected chi connectivity index (χ4v) is 2.38. The molecule has 3 N–H and O–H groups in total. The van der Waals surface area contributed by atoms with Gasteiger partial charge in [-0.15, -0.1) is 12.4 Å². The SMILES string of the molecule is Cl.NC1(C(=O)N2CCc3ccc(O)cc3C2)CC1. The second kappa shape index (κ2) is 4.44. The van der Waals surface area contributed by atoms with Gasteiger partial charge >= 0.3 is 0 Å². The van der Waals surface area contributed by atoms with Crippen molar-refractivity contribution in [2.24, 2.45) is 5.73 Å². The van der Waals surface area contributed by atoms with Crippen LogP contribution in [0.1, 0.15) is 24.0 Å². The van der Waals surface area contributed by atoms with Crippen molar-refractivity contribution in [3.8, 4) is 5.75 Å². The molecule has 5 heteroatoms. The molecular weight excluding hydrogens is 252 g/mol. The quantitative estimate of drug-likeness (QED) is 0.804. The molecule has 1 aromatic rings. The second-order valence-corrected chi connectivity index (χ2v) is 5.09. The maximum Gasteiger partial charge on any atom is 0.242 e. The molecule has 0 saturated heterocycles. The highest BCUT2D eigenvalue weighted by molar-refractivity contribution is 5.89. The maximum atomic E-state index is 12.1. The molecule has 0 atom stereocenters. The normalized spacial score (nSPS) is 19.7. The summed E-state index contributed by atoms with van der Waals surface area (Å²) >= 11 is 0. The number of nitrogens with two attached hydrogens (primary N) is 1. The molecule has 0 spiro atoms. The van der Waals surface area contributed by atoms with Gasteiger partial charge in [-0.1, -0.05) is 6.07 Å². The largest absolute Gasteiger partial charge is 0.508 e. The van der Waals surface area contributed by atoms with E-state index in [2.05, 4.69) is 0 Å². The number of carbonyl (C=O) groups excluding carboxylic acids is 1. The van der Waals surface area contributed by atoms with Gasteiger partial charge < -0.3 is 15.7 Å². The van der Waals surface area contributed by atoms with Crippen molar-refractivity contribution in [2.45, 2.75) is 31.3 Å². The third-order valence-corrected chi connectivity index (χ3v) is 3.70. The monoisotopic (exact) mass is 268 g/mol. The van der Waals surface area contributed by atoms with Crippen LogP contribution in [0.3, 0.4) is 0 Å². The summed E-state index contributed by atoms with van der Waals surface area (Å²) in [5.41, 5.74) is 7.59. The lowest BCUT2D eigenvalue weighted by atomic mass is 9.99. The van der Waals surface area contributed by atoms with E-state index in [0.717, 1.165) is 31.4 Å². The number of hydrogen-bond acceptors (Lipinski definition) is 3. The summed E-state index contributed by atoms with van der Waals surface area (Å²) in [6, 6.07) is 5.37. The highest BCUT2D eigenvalue weighted by Crippen LogP contribution is 2.35. The standard InChI is InChI=1S/C13H16N2O2.ClH/c14-13(4-5-13)12(17)15-6-3-9-1-2-11(16)7-10(9)8-15;/h1-2,7,16H,3-6,8,14H2;1H. The molecule has 0 radical (unpaired) electrons. The first-order chi connectivity index (χ1) is 8.08. The molecule has 1 heterocycles. The average Bonchev–Trinajstić information content (AvgIpc) is 3.06. The minimum absolute atomic E-state index is 0. The van der Waals surface area contributed by atoms with E-state index in [4.69, 9.17) is 5.73 Å². The molecule has 18 heavy (non-hydrogen) atoms. The van der Waals surface area contributed by atoms with Gasteiger partial charge in [0.15, 0.2) is 0 Å². The fourth-order valence-electron chi connectivity index (χ4n) is 2.38. The third kappa shape index (κ3) is 2.18. The van der Waals surface area contributed by atoms with Crippen LogP contribution in [0.25, 0.3) is 0 Å². The summed E-state index contributed by atoms with van der Waals surface area (Å²) in [4.78, 5) is 13.9. The second-order valence-electron chi connectivity index (χ2n) is 5.09. The number of fused-ring (bicyclic) bond motifs is 1. The molecule has 0 bridgehead atoms. The Kier molecular flexibility index (Phi) is 3.25. The Balaban J connectivity index is 0.00000120. The van der Waals surface area contributed by atoms with Crippen molar-refractivity contribution >= 4 is 18.3 Å². The summed E-state index contributed by atoms with van der Waals surface area (Å²) in [5.74, 6) is 0.318. The van der Waals surface area contributed by atoms with Crippen LogP contribution in [0, 0.1) is 0 Å². The third-order valence-electron chi connectivity index (χ3n) is 3.70. The van der Waals surface area contributed by atoms with Crippen LogP contribution in [-0.4, -0.2) is 28.0 Å². The first-order valence-corrected chi connectivity index (χ1v) is 5.97. The zero-order valence-electron chi connectivity index (χ0n) is 10.1. The number of phenols is 1. The van der Waals surface area contributed by atoms with Crippen LogP contribution < -0.4 is 5.73 Å². The Morgan fingerprint density at radius 3 is 2.72 bits per heavy atom. The zero-order chi connectivity index (χ0) is 12.0. The predicted octanol–water partition coefficient (Wildman–Crippen LogP) is 1.19.